The second-order valence-electron chi connectivity index (χ2n) is 5.78. The lowest BCUT2D eigenvalue weighted by atomic mass is 9.96. The Labute approximate surface area is 108 Å². The quantitative estimate of drug-likeness (QED) is 0.839. The Bertz CT molecular complexity index is 463. The van der Waals surface area contributed by atoms with Crippen molar-refractivity contribution in [3.05, 3.63) is 29.8 Å². The molecule has 3 rings (SSSR count). The number of hydrogen-bond acceptors (Lipinski definition) is 2. The molecule has 1 saturated carbocycles. The monoisotopic (exact) mass is 244 g/mol. The van der Waals surface area contributed by atoms with Crippen molar-refractivity contribution in [2.24, 2.45) is 0 Å². The van der Waals surface area contributed by atoms with E-state index in [1.54, 1.807) is 0 Å². The van der Waals surface area contributed by atoms with Gasteiger partial charge in [0, 0.05) is 17.8 Å². The largest absolute Gasteiger partial charge is 0.384 e. The Hall–Kier alpha value is -1.51. The topological polar surface area (TPSA) is 41.1 Å². The summed E-state index contributed by atoms with van der Waals surface area (Å²) in [4.78, 5) is 12.4. The van der Waals surface area contributed by atoms with Gasteiger partial charge in [-0.2, -0.15) is 0 Å². The van der Waals surface area contributed by atoms with Crippen molar-refractivity contribution in [2.75, 3.05) is 11.9 Å². The molecule has 1 unspecified atom stereocenters. The van der Waals surface area contributed by atoms with Crippen LogP contribution in [0.3, 0.4) is 0 Å². The summed E-state index contributed by atoms with van der Waals surface area (Å²) in [6.45, 7) is 2.90. The predicted octanol–water partition coefficient (Wildman–Crippen LogP) is 2.64. The number of rotatable bonds is 2. The highest BCUT2D eigenvalue weighted by molar-refractivity contribution is 5.88. The molecule has 1 atom stereocenters. The number of amides is 1. The molecule has 3 nitrogen and oxygen atoms in total. The summed E-state index contributed by atoms with van der Waals surface area (Å²) in [7, 11) is 0. The van der Waals surface area contributed by atoms with E-state index in [9.17, 15) is 4.79 Å². The van der Waals surface area contributed by atoms with Gasteiger partial charge < -0.3 is 10.6 Å². The second-order valence-corrected chi connectivity index (χ2v) is 5.78. The minimum atomic E-state index is -0.0291. The molecule has 1 aliphatic heterocycles. The summed E-state index contributed by atoms with van der Waals surface area (Å²) in [5, 5.41) is 6.57. The van der Waals surface area contributed by atoms with E-state index in [2.05, 4.69) is 23.6 Å². The molecule has 0 aromatic heterocycles. The third-order valence-electron chi connectivity index (χ3n) is 4.28. The standard InChI is InChI=1S/C15H20N2O/c1-15(8-4-5-9-15)17-14(18)12-10-16-13-7-3-2-6-11(12)13/h2-3,6-7,12,16H,4-5,8-10H2,1H3,(H,17,18). The highest BCUT2D eigenvalue weighted by Gasteiger charge is 2.35. The maximum atomic E-state index is 12.4. The van der Waals surface area contributed by atoms with Crippen LogP contribution in [0.2, 0.25) is 0 Å². The lowest BCUT2D eigenvalue weighted by molar-refractivity contribution is -0.123. The van der Waals surface area contributed by atoms with Crippen LogP contribution in [-0.4, -0.2) is 18.0 Å². The average Bonchev–Trinajstić information content (AvgIpc) is 2.95. The molecular weight excluding hydrogens is 224 g/mol. The zero-order valence-electron chi connectivity index (χ0n) is 10.8. The number of hydrogen-bond donors (Lipinski definition) is 2. The van der Waals surface area contributed by atoms with Crippen LogP contribution >= 0.6 is 0 Å². The second kappa shape index (κ2) is 4.30. The van der Waals surface area contributed by atoms with Crippen LogP contribution < -0.4 is 10.6 Å². The molecule has 18 heavy (non-hydrogen) atoms. The number of carbonyl (C=O) groups excluding carboxylic acids is 1. The van der Waals surface area contributed by atoms with E-state index in [-0.39, 0.29) is 17.4 Å². The highest BCUT2D eigenvalue weighted by Crippen LogP contribution is 2.34. The summed E-state index contributed by atoms with van der Waals surface area (Å²) in [5.41, 5.74) is 2.26. The Balaban J connectivity index is 1.74. The van der Waals surface area contributed by atoms with Crippen LogP contribution in [-0.2, 0) is 4.79 Å². The normalized spacial score (nSPS) is 24.4. The van der Waals surface area contributed by atoms with Gasteiger partial charge in [-0.3, -0.25) is 4.79 Å². The molecule has 0 bridgehead atoms. The molecule has 1 aromatic rings. The zero-order valence-corrected chi connectivity index (χ0v) is 10.8. The fourth-order valence-electron chi connectivity index (χ4n) is 3.18. The third kappa shape index (κ3) is 1.98. The van der Waals surface area contributed by atoms with Gasteiger partial charge in [0.05, 0.1) is 5.92 Å². The van der Waals surface area contributed by atoms with E-state index in [0.717, 1.165) is 30.6 Å². The minimum Gasteiger partial charge on any atom is -0.384 e. The van der Waals surface area contributed by atoms with Gasteiger partial charge in [0.25, 0.3) is 0 Å². The van der Waals surface area contributed by atoms with Gasteiger partial charge in [0.1, 0.15) is 0 Å². The van der Waals surface area contributed by atoms with Crippen LogP contribution in [0.25, 0.3) is 0 Å². The SMILES string of the molecule is CC1(NC(=O)C2CNc3ccccc32)CCCC1. The van der Waals surface area contributed by atoms with Crippen molar-refractivity contribution in [1.29, 1.82) is 0 Å². The summed E-state index contributed by atoms with van der Waals surface area (Å²) < 4.78 is 0. The van der Waals surface area contributed by atoms with Gasteiger partial charge in [-0.15, -0.1) is 0 Å². The fourth-order valence-corrected chi connectivity index (χ4v) is 3.18. The Morgan fingerprint density at radius 3 is 2.83 bits per heavy atom. The van der Waals surface area contributed by atoms with Gasteiger partial charge in [-0.05, 0) is 31.4 Å². The zero-order chi connectivity index (χ0) is 12.6. The Kier molecular flexibility index (Phi) is 2.77. The first-order chi connectivity index (χ1) is 8.68. The minimum absolute atomic E-state index is 0.0224. The maximum Gasteiger partial charge on any atom is 0.229 e. The lowest BCUT2D eigenvalue weighted by Gasteiger charge is -2.27. The molecule has 1 amide bonds. The molecule has 1 heterocycles. The van der Waals surface area contributed by atoms with E-state index >= 15 is 0 Å². The van der Waals surface area contributed by atoms with Crippen molar-refractivity contribution in [3.8, 4) is 0 Å². The van der Waals surface area contributed by atoms with Gasteiger partial charge in [-0.25, -0.2) is 0 Å². The van der Waals surface area contributed by atoms with E-state index < -0.39 is 0 Å². The number of fused-ring (bicyclic) bond motifs is 1. The number of benzene rings is 1. The molecule has 0 radical (unpaired) electrons. The molecule has 96 valence electrons. The molecule has 2 aliphatic rings. The van der Waals surface area contributed by atoms with E-state index in [4.69, 9.17) is 0 Å². The summed E-state index contributed by atoms with van der Waals surface area (Å²) in [5.74, 6) is 0.149. The van der Waals surface area contributed by atoms with Gasteiger partial charge in [0.15, 0.2) is 0 Å². The molecule has 1 aliphatic carbocycles. The number of carbonyl (C=O) groups is 1. The first-order valence-corrected chi connectivity index (χ1v) is 6.83. The lowest BCUT2D eigenvalue weighted by Crippen LogP contribution is -2.46. The molecule has 0 spiro atoms. The molecular formula is C15H20N2O. The molecule has 1 fully saturated rings. The maximum absolute atomic E-state index is 12.4. The summed E-state index contributed by atoms with van der Waals surface area (Å²) in [6.07, 6.45) is 4.69. The summed E-state index contributed by atoms with van der Waals surface area (Å²) >= 11 is 0. The summed E-state index contributed by atoms with van der Waals surface area (Å²) in [6, 6.07) is 8.10. The van der Waals surface area contributed by atoms with Crippen LogP contribution in [0.1, 0.15) is 44.1 Å². The van der Waals surface area contributed by atoms with E-state index in [0.29, 0.717) is 0 Å². The van der Waals surface area contributed by atoms with Crippen LogP contribution in [0.4, 0.5) is 5.69 Å². The van der Waals surface area contributed by atoms with E-state index in [1.165, 1.54) is 12.8 Å². The van der Waals surface area contributed by atoms with E-state index in [1.807, 2.05) is 18.2 Å². The van der Waals surface area contributed by atoms with Gasteiger partial charge >= 0.3 is 0 Å². The number of nitrogens with one attached hydrogen (secondary N) is 2. The van der Waals surface area contributed by atoms with Crippen LogP contribution in [0, 0.1) is 0 Å². The van der Waals surface area contributed by atoms with Gasteiger partial charge in [0.2, 0.25) is 5.91 Å². The predicted molar refractivity (Wildman–Crippen MR) is 72.7 cm³/mol. The molecule has 2 N–H and O–H groups in total. The van der Waals surface area contributed by atoms with Crippen LogP contribution in [0.5, 0.6) is 0 Å². The number of para-hydroxylation sites is 1. The first kappa shape index (κ1) is 11.6. The highest BCUT2D eigenvalue weighted by atomic mass is 16.2. The smallest absolute Gasteiger partial charge is 0.229 e. The van der Waals surface area contributed by atoms with Crippen LogP contribution in [0.15, 0.2) is 24.3 Å². The average molecular weight is 244 g/mol. The molecule has 3 heteroatoms. The van der Waals surface area contributed by atoms with Crippen molar-refractivity contribution in [3.63, 3.8) is 0 Å². The van der Waals surface area contributed by atoms with Crippen molar-refractivity contribution >= 4 is 11.6 Å². The van der Waals surface area contributed by atoms with Crippen molar-refractivity contribution in [2.45, 2.75) is 44.1 Å². The van der Waals surface area contributed by atoms with Gasteiger partial charge in [-0.1, -0.05) is 31.0 Å². The van der Waals surface area contributed by atoms with Crippen molar-refractivity contribution < 1.29 is 4.79 Å². The Morgan fingerprint density at radius 1 is 1.33 bits per heavy atom. The first-order valence-electron chi connectivity index (χ1n) is 6.83. The molecule has 0 saturated heterocycles. The van der Waals surface area contributed by atoms with Crippen molar-refractivity contribution in [1.82, 2.24) is 5.32 Å². The number of anilines is 1. The molecule has 1 aromatic carbocycles. The fraction of sp³-hybridized carbons (Fsp3) is 0.533. The third-order valence-corrected chi connectivity index (χ3v) is 4.28. The Morgan fingerprint density at radius 2 is 2.06 bits per heavy atom.